The van der Waals surface area contributed by atoms with E-state index >= 15 is 0 Å². The van der Waals surface area contributed by atoms with Crippen molar-refractivity contribution in [3.63, 3.8) is 0 Å². The van der Waals surface area contributed by atoms with Crippen LogP contribution in [0.25, 0.3) is 12.2 Å². The molecule has 46 heavy (non-hydrogen) atoms. The summed E-state index contributed by atoms with van der Waals surface area (Å²) in [7, 11) is -9.74. The number of azo groups is 2. The molecule has 0 saturated heterocycles. The Balaban J connectivity index is 1.66. The summed E-state index contributed by atoms with van der Waals surface area (Å²) in [5, 5.41) is 52.8. The fraction of sp³-hybridized carbons (Fsp3) is 0. The Kier molecular flexibility index (Phi) is 9.38. The first-order chi connectivity index (χ1) is 21.5. The zero-order chi connectivity index (χ0) is 33.8. The van der Waals surface area contributed by atoms with Crippen LogP contribution >= 0.6 is 0 Å². The summed E-state index contributed by atoms with van der Waals surface area (Å²) in [5.41, 5.74) is -1.25. The molecule has 0 aliphatic rings. The highest BCUT2D eigenvalue weighted by atomic mass is 32.2. The Morgan fingerprint density at radius 2 is 0.826 bits per heavy atom. The Morgan fingerprint density at radius 1 is 0.522 bits per heavy atom. The summed E-state index contributed by atoms with van der Waals surface area (Å²) in [6, 6.07) is 13.7. The van der Waals surface area contributed by atoms with E-state index in [2.05, 4.69) is 20.5 Å². The zero-order valence-electron chi connectivity index (χ0n) is 22.8. The van der Waals surface area contributed by atoms with E-state index in [4.69, 9.17) is 10.2 Å². The monoisotopic (exact) mass is 668 g/mol. The Hall–Kier alpha value is -5.82. The lowest BCUT2D eigenvalue weighted by atomic mass is 10.1. The van der Waals surface area contributed by atoms with Crippen molar-refractivity contribution in [3.05, 3.63) is 95.1 Å². The number of hydrogen-bond acceptors (Lipinski definition) is 12. The van der Waals surface area contributed by atoms with Crippen LogP contribution in [0.1, 0.15) is 31.8 Å². The van der Waals surface area contributed by atoms with Gasteiger partial charge in [-0.25, -0.2) is 9.59 Å². The van der Waals surface area contributed by atoms with E-state index in [1.54, 1.807) is 0 Å². The molecule has 0 saturated carbocycles. The lowest BCUT2D eigenvalue weighted by Crippen LogP contribution is -2.01. The molecule has 16 nitrogen and oxygen atoms in total. The van der Waals surface area contributed by atoms with Crippen LogP contribution in [-0.2, 0) is 20.2 Å². The third-order valence-corrected chi connectivity index (χ3v) is 7.79. The number of aromatic hydroxyl groups is 2. The van der Waals surface area contributed by atoms with Crippen LogP contribution in [0.2, 0.25) is 0 Å². The predicted octanol–water partition coefficient (Wildman–Crippen LogP) is 5.99. The number of rotatable bonds is 10. The second-order valence-electron chi connectivity index (χ2n) is 9.14. The predicted molar refractivity (Wildman–Crippen MR) is 160 cm³/mol. The minimum absolute atomic E-state index is 0.0152. The molecule has 0 amide bonds. The van der Waals surface area contributed by atoms with Crippen molar-refractivity contribution in [1.82, 2.24) is 0 Å². The fourth-order valence-corrected chi connectivity index (χ4v) is 5.23. The summed E-state index contributed by atoms with van der Waals surface area (Å²) >= 11 is 0. The normalized spacial score (nSPS) is 12.3. The smallest absolute Gasteiger partial charge is 0.339 e. The van der Waals surface area contributed by atoms with Gasteiger partial charge in [-0.2, -0.15) is 37.3 Å². The highest BCUT2D eigenvalue weighted by molar-refractivity contribution is 7.86. The average Bonchev–Trinajstić information content (AvgIpc) is 2.98. The topological polar surface area (TPSA) is 273 Å². The molecule has 0 aliphatic heterocycles. The van der Waals surface area contributed by atoms with E-state index in [0.717, 1.165) is 48.6 Å². The number of nitrogens with zero attached hydrogens (tertiary/aromatic N) is 4. The van der Waals surface area contributed by atoms with Crippen LogP contribution in [0.15, 0.2) is 103 Å². The van der Waals surface area contributed by atoms with Crippen LogP contribution in [0, 0.1) is 0 Å². The third-order valence-electron chi connectivity index (χ3n) is 5.98. The van der Waals surface area contributed by atoms with Gasteiger partial charge in [0, 0.05) is 0 Å². The summed E-state index contributed by atoms with van der Waals surface area (Å²) in [6.07, 6.45) is 2.27. The number of aromatic carboxylic acids is 2. The molecule has 0 aromatic heterocycles. The SMILES string of the molecule is O=C(O)c1cc(N=Nc2ccc(/C=C\c3ccc(N=Nc4ccc(O)c(C(=O)O)c4)cc3S(=O)(=O)O)c(S(=O)(=O)O)c2)ccc1O. The highest BCUT2D eigenvalue weighted by Crippen LogP contribution is 2.31. The molecule has 0 unspecified atom stereocenters. The number of carbonyl (C=O) groups is 2. The van der Waals surface area contributed by atoms with Crippen molar-refractivity contribution >= 4 is 67.1 Å². The van der Waals surface area contributed by atoms with Crippen molar-refractivity contribution in [2.75, 3.05) is 0 Å². The van der Waals surface area contributed by atoms with E-state index in [-0.39, 0.29) is 33.9 Å². The largest absolute Gasteiger partial charge is 0.507 e. The first-order valence-corrected chi connectivity index (χ1v) is 15.3. The fourth-order valence-electron chi connectivity index (χ4n) is 3.82. The summed E-state index contributed by atoms with van der Waals surface area (Å²) in [4.78, 5) is 21.1. The van der Waals surface area contributed by atoms with Gasteiger partial charge in [-0.05, 0) is 71.8 Å². The molecule has 18 heteroatoms. The maximum absolute atomic E-state index is 12.1. The van der Waals surface area contributed by atoms with Crippen molar-refractivity contribution in [1.29, 1.82) is 0 Å². The molecule has 4 aromatic rings. The molecule has 4 aromatic carbocycles. The number of benzene rings is 4. The molecular formula is C28H20N4O12S2. The van der Waals surface area contributed by atoms with E-state index in [9.17, 15) is 45.7 Å². The first kappa shape index (κ1) is 33.1. The van der Waals surface area contributed by atoms with Gasteiger partial charge in [0.15, 0.2) is 0 Å². The number of carboxylic acids is 2. The second-order valence-corrected chi connectivity index (χ2v) is 11.9. The van der Waals surface area contributed by atoms with Gasteiger partial charge in [0.1, 0.15) is 32.4 Å². The molecule has 0 fully saturated rings. The first-order valence-electron chi connectivity index (χ1n) is 12.4. The van der Waals surface area contributed by atoms with Gasteiger partial charge in [0.05, 0.1) is 22.7 Å². The zero-order valence-corrected chi connectivity index (χ0v) is 24.5. The van der Waals surface area contributed by atoms with Crippen molar-refractivity contribution in [2.45, 2.75) is 9.79 Å². The minimum atomic E-state index is -4.87. The molecule has 0 atom stereocenters. The van der Waals surface area contributed by atoms with E-state index in [1.807, 2.05) is 0 Å². The molecular weight excluding hydrogens is 648 g/mol. The van der Waals surface area contributed by atoms with Gasteiger partial charge in [-0.1, -0.05) is 24.3 Å². The summed E-state index contributed by atoms with van der Waals surface area (Å²) < 4.78 is 68.2. The average molecular weight is 669 g/mol. The highest BCUT2D eigenvalue weighted by Gasteiger charge is 2.18. The molecule has 0 spiro atoms. The maximum atomic E-state index is 12.1. The van der Waals surface area contributed by atoms with Crippen molar-refractivity contribution < 1.29 is 56.0 Å². The number of carboxylic acid groups (broad SMARTS) is 2. The van der Waals surface area contributed by atoms with Crippen LogP contribution in [0.3, 0.4) is 0 Å². The van der Waals surface area contributed by atoms with Gasteiger partial charge in [0.25, 0.3) is 20.2 Å². The molecule has 236 valence electrons. The van der Waals surface area contributed by atoms with Crippen LogP contribution < -0.4 is 0 Å². The van der Waals surface area contributed by atoms with E-state index in [0.29, 0.717) is 0 Å². The molecule has 0 bridgehead atoms. The van der Waals surface area contributed by atoms with Gasteiger partial charge >= 0.3 is 11.9 Å². The standard InChI is InChI=1S/C28H20N4O12S2/c33-23-9-7-17(11-21(23)27(35)36)29-31-19-5-3-15(25(13-19)45(39,40)41)1-2-16-4-6-20(14-26(16)46(42,43)44)32-30-18-8-10-24(34)22(12-18)28(37)38/h1-14,33-34H,(H,35,36)(H,37,38)(H,39,40,41)(H,42,43,44)/b2-1-,31-29?,32-30?. The molecule has 0 radical (unpaired) electrons. The summed E-state index contributed by atoms with van der Waals surface area (Å²) in [6.45, 7) is 0. The number of phenols is 2. The third kappa shape index (κ3) is 8.01. The maximum Gasteiger partial charge on any atom is 0.339 e. The van der Waals surface area contributed by atoms with Crippen molar-refractivity contribution in [3.8, 4) is 11.5 Å². The van der Waals surface area contributed by atoms with E-state index in [1.165, 1.54) is 36.4 Å². The Bertz CT molecular complexity index is 2040. The van der Waals surface area contributed by atoms with Gasteiger partial charge in [0.2, 0.25) is 0 Å². The number of hydrogen-bond donors (Lipinski definition) is 6. The van der Waals surface area contributed by atoms with Gasteiger partial charge in [-0.15, -0.1) is 0 Å². The van der Waals surface area contributed by atoms with Gasteiger partial charge in [-0.3, -0.25) is 9.11 Å². The van der Waals surface area contributed by atoms with Crippen LogP contribution in [0.5, 0.6) is 11.5 Å². The second kappa shape index (κ2) is 13.0. The Morgan fingerprint density at radius 3 is 1.13 bits per heavy atom. The van der Waals surface area contributed by atoms with Crippen LogP contribution in [-0.4, -0.2) is 58.3 Å². The molecule has 0 heterocycles. The lowest BCUT2D eigenvalue weighted by Gasteiger charge is -2.06. The molecule has 6 N–H and O–H groups in total. The molecule has 0 aliphatic carbocycles. The van der Waals surface area contributed by atoms with Crippen molar-refractivity contribution in [2.24, 2.45) is 20.5 Å². The van der Waals surface area contributed by atoms with Gasteiger partial charge < -0.3 is 20.4 Å². The molecule has 4 rings (SSSR count). The summed E-state index contributed by atoms with van der Waals surface area (Å²) in [5.74, 6) is -3.84. The quantitative estimate of drug-likeness (QED) is 0.0646. The lowest BCUT2D eigenvalue weighted by molar-refractivity contribution is 0.0682. The van der Waals surface area contributed by atoms with Crippen LogP contribution in [0.4, 0.5) is 22.7 Å². The minimum Gasteiger partial charge on any atom is -0.507 e. The Labute approximate surface area is 259 Å². The van der Waals surface area contributed by atoms with E-state index < -0.39 is 64.6 Å².